The fraction of sp³-hybridized carbons (Fsp3) is 1.00. The molecule has 2 nitrogen and oxygen atoms in total. The van der Waals surface area contributed by atoms with E-state index in [1.54, 1.807) is 0 Å². The summed E-state index contributed by atoms with van der Waals surface area (Å²) in [5, 5.41) is 0. The molecule has 1 saturated heterocycles. The number of likely N-dealkylation sites (tertiary alicyclic amines) is 1. The van der Waals surface area contributed by atoms with E-state index in [9.17, 15) is 0 Å². The Morgan fingerprint density at radius 2 is 1.83 bits per heavy atom. The van der Waals surface area contributed by atoms with E-state index in [1.807, 2.05) is 0 Å². The second-order valence-corrected chi connectivity index (χ2v) is 7.31. The van der Waals surface area contributed by atoms with Gasteiger partial charge in [-0.2, -0.15) is 0 Å². The van der Waals surface area contributed by atoms with Crippen LogP contribution in [0.3, 0.4) is 0 Å². The molecule has 0 bridgehead atoms. The standard InChI is InChI=1S/C15H30N2.ClH/c1-13-7-10-17(11-14(2,3)16)12-15(13)8-5-4-6-9-15;/h13H,4-12,16H2,1-3H3;1H. The van der Waals surface area contributed by atoms with E-state index < -0.39 is 0 Å². The van der Waals surface area contributed by atoms with Crippen LogP contribution >= 0.6 is 12.4 Å². The Morgan fingerprint density at radius 3 is 2.39 bits per heavy atom. The molecule has 3 heteroatoms. The summed E-state index contributed by atoms with van der Waals surface area (Å²) in [5.74, 6) is 0.917. The Bertz CT molecular complexity index is 254. The lowest BCUT2D eigenvalue weighted by molar-refractivity contribution is -0.00210. The molecule has 1 aliphatic heterocycles. The van der Waals surface area contributed by atoms with Crippen molar-refractivity contribution < 1.29 is 0 Å². The summed E-state index contributed by atoms with van der Waals surface area (Å²) in [6.45, 7) is 10.4. The minimum absolute atomic E-state index is 0. The van der Waals surface area contributed by atoms with Gasteiger partial charge in [0.15, 0.2) is 0 Å². The highest BCUT2D eigenvalue weighted by atomic mass is 35.5. The van der Waals surface area contributed by atoms with Gasteiger partial charge in [0.05, 0.1) is 0 Å². The van der Waals surface area contributed by atoms with Crippen molar-refractivity contribution >= 4 is 12.4 Å². The van der Waals surface area contributed by atoms with Crippen molar-refractivity contribution in [2.75, 3.05) is 19.6 Å². The first kappa shape index (κ1) is 16.3. The van der Waals surface area contributed by atoms with E-state index in [0.717, 1.165) is 12.5 Å². The van der Waals surface area contributed by atoms with Crippen LogP contribution in [-0.4, -0.2) is 30.1 Å². The molecule has 1 atom stereocenters. The van der Waals surface area contributed by atoms with Gasteiger partial charge in [0.1, 0.15) is 0 Å². The topological polar surface area (TPSA) is 29.3 Å². The lowest BCUT2D eigenvalue weighted by Gasteiger charge is -2.50. The van der Waals surface area contributed by atoms with Crippen molar-refractivity contribution in [3.63, 3.8) is 0 Å². The quantitative estimate of drug-likeness (QED) is 0.836. The van der Waals surface area contributed by atoms with Crippen molar-refractivity contribution in [2.45, 2.75) is 64.8 Å². The lowest BCUT2D eigenvalue weighted by Crippen LogP contribution is -2.54. The third-order valence-corrected chi connectivity index (χ3v) is 4.94. The molecule has 0 amide bonds. The van der Waals surface area contributed by atoms with E-state index in [2.05, 4.69) is 25.7 Å². The van der Waals surface area contributed by atoms with Crippen molar-refractivity contribution in [1.29, 1.82) is 0 Å². The van der Waals surface area contributed by atoms with E-state index in [4.69, 9.17) is 5.73 Å². The maximum Gasteiger partial charge on any atom is 0.0226 e. The molecule has 0 aromatic heterocycles. The first-order chi connectivity index (χ1) is 7.91. The van der Waals surface area contributed by atoms with Gasteiger partial charge in [0.25, 0.3) is 0 Å². The fourth-order valence-corrected chi connectivity index (χ4v) is 3.98. The summed E-state index contributed by atoms with van der Waals surface area (Å²) in [4.78, 5) is 2.63. The maximum absolute atomic E-state index is 6.18. The molecule has 1 aliphatic carbocycles. The molecular weight excluding hydrogens is 244 g/mol. The molecule has 2 N–H and O–H groups in total. The SMILES string of the molecule is CC1CCN(CC(C)(C)N)CC12CCCCC2.Cl. The third-order valence-electron chi connectivity index (χ3n) is 4.94. The first-order valence-corrected chi connectivity index (χ1v) is 7.43. The van der Waals surface area contributed by atoms with Crippen LogP contribution in [0.4, 0.5) is 0 Å². The van der Waals surface area contributed by atoms with Crippen molar-refractivity contribution in [3.05, 3.63) is 0 Å². The summed E-state index contributed by atoms with van der Waals surface area (Å²) in [6.07, 6.45) is 8.63. The van der Waals surface area contributed by atoms with Gasteiger partial charge in [-0.3, -0.25) is 0 Å². The number of nitrogens with two attached hydrogens (primary N) is 1. The number of rotatable bonds is 2. The minimum Gasteiger partial charge on any atom is -0.324 e. The van der Waals surface area contributed by atoms with Crippen LogP contribution in [-0.2, 0) is 0 Å². The van der Waals surface area contributed by atoms with Crippen LogP contribution in [0.2, 0.25) is 0 Å². The van der Waals surface area contributed by atoms with Crippen LogP contribution in [0.25, 0.3) is 0 Å². The smallest absolute Gasteiger partial charge is 0.0226 e. The summed E-state index contributed by atoms with van der Waals surface area (Å²) < 4.78 is 0. The van der Waals surface area contributed by atoms with Gasteiger partial charge in [0, 0.05) is 18.6 Å². The highest BCUT2D eigenvalue weighted by molar-refractivity contribution is 5.85. The van der Waals surface area contributed by atoms with Gasteiger partial charge in [-0.1, -0.05) is 26.2 Å². The summed E-state index contributed by atoms with van der Waals surface area (Å²) >= 11 is 0. The predicted molar refractivity (Wildman–Crippen MR) is 81.3 cm³/mol. The van der Waals surface area contributed by atoms with Crippen LogP contribution in [0, 0.1) is 11.3 Å². The summed E-state index contributed by atoms with van der Waals surface area (Å²) in [5.41, 5.74) is 6.76. The molecule has 0 aromatic carbocycles. The Labute approximate surface area is 119 Å². The van der Waals surface area contributed by atoms with E-state index in [-0.39, 0.29) is 17.9 Å². The van der Waals surface area contributed by atoms with E-state index in [0.29, 0.717) is 5.41 Å². The van der Waals surface area contributed by atoms with Gasteiger partial charge in [-0.15, -0.1) is 12.4 Å². The molecule has 18 heavy (non-hydrogen) atoms. The monoisotopic (exact) mass is 274 g/mol. The number of piperidine rings is 1. The molecule has 0 aromatic rings. The van der Waals surface area contributed by atoms with E-state index in [1.165, 1.54) is 51.6 Å². The Hall–Kier alpha value is 0.210. The molecule has 1 spiro atoms. The van der Waals surface area contributed by atoms with Crippen LogP contribution in [0.5, 0.6) is 0 Å². The average Bonchev–Trinajstić information content (AvgIpc) is 2.23. The third kappa shape index (κ3) is 3.85. The molecule has 108 valence electrons. The molecule has 2 rings (SSSR count). The zero-order valence-corrected chi connectivity index (χ0v) is 13.2. The second kappa shape index (κ2) is 6.11. The molecule has 1 unspecified atom stereocenters. The second-order valence-electron chi connectivity index (χ2n) is 7.31. The largest absolute Gasteiger partial charge is 0.324 e. The van der Waals surface area contributed by atoms with Crippen LogP contribution in [0.15, 0.2) is 0 Å². The Morgan fingerprint density at radius 1 is 1.22 bits per heavy atom. The number of halogens is 1. The molecule has 1 heterocycles. The highest BCUT2D eigenvalue weighted by Gasteiger charge is 2.41. The number of nitrogens with zero attached hydrogens (tertiary/aromatic N) is 1. The zero-order chi connectivity index (χ0) is 12.5. The fourth-order valence-electron chi connectivity index (χ4n) is 3.98. The number of hydrogen-bond donors (Lipinski definition) is 1. The van der Waals surface area contributed by atoms with Gasteiger partial charge < -0.3 is 10.6 Å². The van der Waals surface area contributed by atoms with Crippen molar-refractivity contribution in [3.8, 4) is 0 Å². The van der Waals surface area contributed by atoms with Crippen LogP contribution in [0.1, 0.15) is 59.3 Å². The van der Waals surface area contributed by atoms with Crippen LogP contribution < -0.4 is 5.73 Å². The lowest BCUT2D eigenvalue weighted by atomic mass is 9.63. The maximum atomic E-state index is 6.18. The van der Waals surface area contributed by atoms with Gasteiger partial charge >= 0.3 is 0 Å². The molecular formula is C15H31ClN2. The summed E-state index contributed by atoms with van der Waals surface area (Å²) in [7, 11) is 0. The van der Waals surface area contributed by atoms with Gasteiger partial charge in [0.2, 0.25) is 0 Å². The Balaban J connectivity index is 0.00000162. The zero-order valence-electron chi connectivity index (χ0n) is 12.4. The molecule has 1 saturated carbocycles. The molecule has 0 radical (unpaired) electrons. The van der Waals surface area contributed by atoms with Gasteiger partial charge in [-0.25, -0.2) is 0 Å². The highest BCUT2D eigenvalue weighted by Crippen LogP contribution is 2.46. The first-order valence-electron chi connectivity index (χ1n) is 7.43. The molecule has 2 aliphatic rings. The Kier molecular flexibility index (Phi) is 5.52. The van der Waals surface area contributed by atoms with Crippen molar-refractivity contribution in [1.82, 2.24) is 4.90 Å². The van der Waals surface area contributed by atoms with Crippen molar-refractivity contribution in [2.24, 2.45) is 17.1 Å². The summed E-state index contributed by atoms with van der Waals surface area (Å²) in [6, 6.07) is 0. The van der Waals surface area contributed by atoms with Gasteiger partial charge in [-0.05, 0) is 51.0 Å². The normalized spacial score (nSPS) is 29.0. The van der Waals surface area contributed by atoms with E-state index >= 15 is 0 Å². The molecule has 2 fully saturated rings. The average molecular weight is 275 g/mol. The predicted octanol–water partition coefficient (Wildman–Crippen LogP) is 3.44. The minimum atomic E-state index is -0.0452. The number of hydrogen-bond acceptors (Lipinski definition) is 2.